The molecule has 2 rings (SSSR count). The number of benzene rings is 1. The summed E-state index contributed by atoms with van der Waals surface area (Å²) in [7, 11) is -1.34. The molecule has 1 N–H and O–H groups in total. The first-order chi connectivity index (χ1) is 9.53. The third-order valence-corrected chi connectivity index (χ3v) is 5.72. The molecule has 1 aromatic carbocycles. The Kier molecular flexibility index (Phi) is 5.25. The molecule has 0 spiro atoms. The normalized spacial score (nSPS) is 27.3. The topological polar surface area (TPSA) is 47.6 Å². The number of rotatable bonds is 4. The van der Waals surface area contributed by atoms with Crippen LogP contribution in [-0.2, 0) is 9.09 Å². The molecule has 1 saturated heterocycles. The third kappa shape index (κ3) is 3.85. The Hall–Kier alpha value is -0.830. The van der Waals surface area contributed by atoms with Gasteiger partial charge in [-0.2, -0.15) is 0 Å². The number of hydrogen-bond acceptors (Lipinski definition) is 3. The Morgan fingerprint density at radius 3 is 2.70 bits per heavy atom. The van der Waals surface area contributed by atoms with E-state index in [0.717, 1.165) is 25.0 Å². The largest absolute Gasteiger partial charge is 0.497 e. The Morgan fingerprint density at radius 2 is 2.10 bits per heavy atom. The van der Waals surface area contributed by atoms with Crippen LogP contribution in [0.4, 0.5) is 0 Å². The van der Waals surface area contributed by atoms with E-state index >= 15 is 0 Å². The van der Waals surface area contributed by atoms with Crippen LogP contribution >= 0.6 is 7.52 Å². The maximum absolute atomic E-state index is 13.1. The first kappa shape index (κ1) is 15.6. The molecule has 20 heavy (non-hydrogen) atoms. The van der Waals surface area contributed by atoms with E-state index in [1.54, 1.807) is 7.11 Å². The lowest BCUT2D eigenvalue weighted by Crippen LogP contribution is -2.30. The molecule has 2 unspecified atom stereocenters. The Labute approximate surface area is 121 Å². The molecule has 0 aromatic heterocycles. The molecule has 0 amide bonds. The summed E-state index contributed by atoms with van der Waals surface area (Å²) in [6.45, 7) is 4.92. The molecule has 4 nitrogen and oxygen atoms in total. The molecule has 1 aromatic rings. The second-order valence-corrected chi connectivity index (χ2v) is 7.82. The molecule has 1 aliphatic heterocycles. The summed E-state index contributed by atoms with van der Waals surface area (Å²) in [6.07, 6.45) is 2.98. The maximum Gasteiger partial charge on any atom is 0.299 e. The van der Waals surface area contributed by atoms with Crippen molar-refractivity contribution in [1.29, 1.82) is 0 Å². The lowest BCUT2D eigenvalue weighted by molar-refractivity contribution is 0.319. The van der Waals surface area contributed by atoms with Crippen LogP contribution in [0.3, 0.4) is 0 Å². The molecular weight excluding hydrogens is 273 g/mol. The number of hydrogen-bond donors (Lipinski definition) is 1. The van der Waals surface area contributed by atoms with Crippen LogP contribution in [0, 0.1) is 5.92 Å². The average Bonchev–Trinajstić information content (AvgIpc) is 2.61. The summed E-state index contributed by atoms with van der Waals surface area (Å²) < 4.78 is 23.9. The SMILES string of the molecule is COc1ccc(P2(=O)NC(CC(C)C)CCCO2)cc1. The number of ether oxygens (including phenoxy) is 1. The fourth-order valence-electron chi connectivity index (χ4n) is 2.53. The van der Waals surface area contributed by atoms with Gasteiger partial charge in [0.25, 0.3) is 7.52 Å². The van der Waals surface area contributed by atoms with Crippen molar-refractivity contribution in [3.63, 3.8) is 0 Å². The van der Waals surface area contributed by atoms with Crippen molar-refractivity contribution in [3.05, 3.63) is 24.3 Å². The van der Waals surface area contributed by atoms with E-state index < -0.39 is 7.52 Å². The van der Waals surface area contributed by atoms with Gasteiger partial charge in [-0.05, 0) is 49.4 Å². The van der Waals surface area contributed by atoms with Gasteiger partial charge in [0.2, 0.25) is 0 Å². The molecule has 1 fully saturated rings. The average molecular weight is 297 g/mol. The molecule has 0 aliphatic carbocycles. The first-order valence-electron chi connectivity index (χ1n) is 7.20. The predicted octanol–water partition coefficient (Wildman–Crippen LogP) is 3.33. The number of methoxy groups -OCH3 is 1. The zero-order valence-electron chi connectivity index (χ0n) is 12.5. The molecule has 1 aliphatic rings. The zero-order valence-corrected chi connectivity index (χ0v) is 13.4. The third-order valence-electron chi connectivity index (χ3n) is 3.49. The fourth-order valence-corrected chi connectivity index (χ4v) is 4.55. The van der Waals surface area contributed by atoms with E-state index in [9.17, 15) is 4.57 Å². The van der Waals surface area contributed by atoms with E-state index in [0.29, 0.717) is 17.8 Å². The summed E-state index contributed by atoms with van der Waals surface area (Å²) in [4.78, 5) is 0. The van der Waals surface area contributed by atoms with Gasteiger partial charge < -0.3 is 9.26 Å². The second kappa shape index (κ2) is 6.75. The van der Waals surface area contributed by atoms with Crippen LogP contribution in [-0.4, -0.2) is 19.8 Å². The van der Waals surface area contributed by atoms with Gasteiger partial charge in [-0.25, -0.2) is 5.09 Å². The fraction of sp³-hybridized carbons (Fsp3) is 0.600. The summed E-state index contributed by atoms with van der Waals surface area (Å²) in [5.74, 6) is 1.34. The smallest absolute Gasteiger partial charge is 0.299 e. The second-order valence-electron chi connectivity index (χ2n) is 5.68. The quantitative estimate of drug-likeness (QED) is 0.866. The van der Waals surface area contributed by atoms with Gasteiger partial charge in [0, 0.05) is 6.04 Å². The molecular formula is C15H24NO3P. The van der Waals surface area contributed by atoms with E-state index in [2.05, 4.69) is 18.9 Å². The molecule has 0 radical (unpaired) electrons. The molecule has 0 bridgehead atoms. The Bertz CT molecular complexity index is 473. The lowest BCUT2D eigenvalue weighted by atomic mass is 10.0. The van der Waals surface area contributed by atoms with E-state index in [1.165, 1.54) is 0 Å². The highest BCUT2D eigenvalue weighted by atomic mass is 31.2. The van der Waals surface area contributed by atoms with Crippen molar-refractivity contribution in [2.24, 2.45) is 5.92 Å². The maximum atomic E-state index is 13.1. The minimum atomic E-state index is -2.96. The monoisotopic (exact) mass is 297 g/mol. The van der Waals surface area contributed by atoms with Gasteiger partial charge in [-0.1, -0.05) is 13.8 Å². The van der Waals surface area contributed by atoms with Crippen LogP contribution in [0.5, 0.6) is 5.75 Å². The van der Waals surface area contributed by atoms with Crippen LogP contribution in [0.1, 0.15) is 33.1 Å². The molecule has 5 heteroatoms. The van der Waals surface area contributed by atoms with Gasteiger partial charge >= 0.3 is 0 Å². The molecule has 0 saturated carbocycles. The van der Waals surface area contributed by atoms with Crippen LogP contribution in [0.2, 0.25) is 0 Å². The van der Waals surface area contributed by atoms with Crippen LogP contribution in [0.15, 0.2) is 24.3 Å². The van der Waals surface area contributed by atoms with Gasteiger partial charge in [0.15, 0.2) is 0 Å². The first-order valence-corrected chi connectivity index (χ1v) is 8.83. The van der Waals surface area contributed by atoms with Crippen molar-refractivity contribution >= 4 is 12.8 Å². The van der Waals surface area contributed by atoms with Gasteiger partial charge in [0.05, 0.1) is 19.0 Å². The van der Waals surface area contributed by atoms with Crippen molar-refractivity contribution < 1.29 is 13.8 Å². The highest BCUT2D eigenvalue weighted by Crippen LogP contribution is 2.44. The summed E-state index contributed by atoms with van der Waals surface area (Å²) >= 11 is 0. The lowest BCUT2D eigenvalue weighted by Gasteiger charge is -2.23. The summed E-state index contributed by atoms with van der Waals surface area (Å²) in [5.41, 5.74) is 0. The predicted molar refractivity (Wildman–Crippen MR) is 81.8 cm³/mol. The van der Waals surface area contributed by atoms with E-state index in [-0.39, 0.29) is 6.04 Å². The van der Waals surface area contributed by atoms with Crippen molar-refractivity contribution in [2.45, 2.75) is 39.2 Å². The van der Waals surface area contributed by atoms with Crippen molar-refractivity contribution in [1.82, 2.24) is 5.09 Å². The van der Waals surface area contributed by atoms with Crippen LogP contribution < -0.4 is 15.1 Å². The number of nitrogens with one attached hydrogen (secondary N) is 1. The molecule has 2 atom stereocenters. The Morgan fingerprint density at radius 1 is 1.40 bits per heavy atom. The Balaban J connectivity index is 2.19. The van der Waals surface area contributed by atoms with Crippen molar-refractivity contribution in [3.8, 4) is 5.75 Å². The zero-order chi connectivity index (χ0) is 14.6. The molecule has 1 heterocycles. The minimum absolute atomic E-state index is 0.255. The molecule has 112 valence electrons. The standard InChI is InChI=1S/C15H24NO3P/c1-12(2)11-13-5-4-10-19-20(17,16-13)15-8-6-14(18-3)7-9-15/h6-9,12-13H,4-5,10-11H2,1-3H3,(H,16,17). The summed E-state index contributed by atoms with van der Waals surface area (Å²) in [6, 6.07) is 7.55. The highest BCUT2D eigenvalue weighted by molar-refractivity contribution is 7.65. The highest BCUT2D eigenvalue weighted by Gasteiger charge is 2.31. The van der Waals surface area contributed by atoms with E-state index in [4.69, 9.17) is 9.26 Å². The summed E-state index contributed by atoms with van der Waals surface area (Å²) in [5, 5.41) is 3.99. The van der Waals surface area contributed by atoms with Gasteiger partial charge in [0.1, 0.15) is 5.75 Å². The van der Waals surface area contributed by atoms with Crippen LogP contribution in [0.25, 0.3) is 0 Å². The van der Waals surface area contributed by atoms with Crippen molar-refractivity contribution in [2.75, 3.05) is 13.7 Å². The van der Waals surface area contributed by atoms with Gasteiger partial charge in [-0.3, -0.25) is 4.57 Å². The minimum Gasteiger partial charge on any atom is -0.497 e. The van der Waals surface area contributed by atoms with Gasteiger partial charge in [-0.15, -0.1) is 0 Å². The van der Waals surface area contributed by atoms with E-state index in [1.807, 2.05) is 24.3 Å².